The molecule has 1 aliphatic heterocycles. The van der Waals surface area contributed by atoms with Gasteiger partial charge in [0.2, 0.25) is 5.91 Å². The minimum atomic E-state index is -3.82. The Balaban J connectivity index is 1.56. The molecule has 0 radical (unpaired) electrons. The van der Waals surface area contributed by atoms with Gasteiger partial charge in [0.25, 0.3) is 15.9 Å². The summed E-state index contributed by atoms with van der Waals surface area (Å²) in [6.07, 6.45) is 1.45. The molecule has 2 N–H and O–H groups in total. The molecule has 0 unspecified atom stereocenters. The number of sulfonamides is 1. The van der Waals surface area contributed by atoms with Crippen molar-refractivity contribution in [2.24, 2.45) is 0 Å². The predicted molar refractivity (Wildman–Crippen MR) is 129 cm³/mol. The van der Waals surface area contributed by atoms with Gasteiger partial charge in [0.05, 0.1) is 4.90 Å². The summed E-state index contributed by atoms with van der Waals surface area (Å²) in [4.78, 5) is 26.1. The van der Waals surface area contributed by atoms with Crippen LogP contribution in [0, 0.1) is 6.92 Å². The van der Waals surface area contributed by atoms with Crippen LogP contribution in [0.25, 0.3) is 0 Å². The number of carbonyl (C=O) groups is 2. The Bertz CT molecular complexity index is 1300. The lowest BCUT2D eigenvalue weighted by molar-refractivity contribution is -0.114. The van der Waals surface area contributed by atoms with Crippen molar-refractivity contribution in [2.75, 3.05) is 21.5 Å². The maximum Gasteiger partial charge on any atom is 0.261 e. The summed E-state index contributed by atoms with van der Waals surface area (Å²) in [6, 6.07) is 18.7. The Kier molecular flexibility index (Phi) is 6.20. The molecule has 2 amide bonds. The van der Waals surface area contributed by atoms with Gasteiger partial charge in [-0.2, -0.15) is 0 Å². The number of amides is 2. The van der Waals surface area contributed by atoms with E-state index in [2.05, 4.69) is 10.0 Å². The Labute approximate surface area is 193 Å². The lowest BCUT2D eigenvalue weighted by Crippen LogP contribution is -2.35. The SMILES string of the molecule is CC(=O)Nc1ccc(NS(=O)(=O)c2ccc3c(c2)CCCN3C(=O)c2ccc(C)cc2)cc1. The van der Waals surface area contributed by atoms with E-state index in [1.165, 1.54) is 13.0 Å². The molecular weight excluding hydrogens is 438 g/mol. The van der Waals surface area contributed by atoms with Crippen molar-refractivity contribution >= 4 is 38.9 Å². The third-order valence-corrected chi connectivity index (χ3v) is 6.86. The molecule has 170 valence electrons. The molecule has 4 rings (SSSR count). The standard InChI is InChI=1S/C25H25N3O4S/c1-17-5-7-19(8-6-17)25(30)28-15-3-4-20-16-23(13-14-24(20)28)33(31,32)27-22-11-9-21(10-12-22)26-18(2)29/h5-14,16,27H,3-4,15H2,1-2H3,(H,26,29). The number of nitrogens with zero attached hydrogens (tertiary/aromatic N) is 1. The van der Waals surface area contributed by atoms with Gasteiger partial charge in [-0.3, -0.25) is 14.3 Å². The molecule has 0 spiro atoms. The van der Waals surface area contributed by atoms with Crippen molar-refractivity contribution in [3.05, 3.63) is 83.4 Å². The minimum absolute atomic E-state index is 0.0936. The van der Waals surface area contributed by atoms with E-state index in [-0.39, 0.29) is 16.7 Å². The minimum Gasteiger partial charge on any atom is -0.326 e. The van der Waals surface area contributed by atoms with Crippen LogP contribution in [0.2, 0.25) is 0 Å². The molecule has 0 bridgehead atoms. The highest BCUT2D eigenvalue weighted by Crippen LogP contribution is 2.31. The van der Waals surface area contributed by atoms with Crippen LogP contribution in [0.5, 0.6) is 0 Å². The summed E-state index contributed by atoms with van der Waals surface area (Å²) in [6.45, 7) is 3.96. The van der Waals surface area contributed by atoms with Crippen LogP contribution < -0.4 is 14.9 Å². The van der Waals surface area contributed by atoms with Gasteiger partial charge in [0, 0.05) is 36.1 Å². The number of nitrogens with one attached hydrogen (secondary N) is 2. The second-order valence-corrected chi connectivity index (χ2v) is 9.76. The van der Waals surface area contributed by atoms with E-state index in [1.54, 1.807) is 41.3 Å². The smallest absolute Gasteiger partial charge is 0.261 e. The molecule has 0 aromatic heterocycles. The van der Waals surface area contributed by atoms with E-state index in [4.69, 9.17) is 0 Å². The van der Waals surface area contributed by atoms with Crippen molar-refractivity contribution in [1.29, 1.82) is 0 Å². The average molecular weight is 464 g/mol. The van der Waals surface area contributed by atoms with Crippen LogP contribution >= 0.6 is 0 Å². The van der Waals surface area contributed by atoms with Gasteiger partial charge in [-0.25, -0.2) is 8.42 Å². The molecule has 3 aromatic rings. The fourth-order valence-corrected chi connectivity index (χ4v) is 4.95. The third-order valence-electron chi connectivity index (χ3n) is 5.48. The van der Waals surface area contributed by atoms with Crippen LogP contribution in [-0.4, -0.2) is 26.8 Å². The van der Waals surface area contributed by atoms with E-state index >= 15 is 0 Å². The Hall–Kier alpha value is -3.65. The summed E-state index contributed by atoms with van der Waals surface area (Å²) in [5, 5.41) is 2.64. The molecule has 0 aliphatic carbocycles. The molecule has 1 aliphatic rings. The van der Waals surface area contributed by atoms with Gasteiger partial charge in [0.1, 0.15) is 0 Å². The molecule has 0 saturated carbocycles. The zero-order valence-corrected chi connectivity index (χ0v) is 19.3. The van der Waals surface area contributed by atoms with Crippen molar-refractivity contribution in [1.82, 2.24) is 0 Å². The fourth-order valence-electron chi connectivity index (χ4n) is 3.84. The zero-order chi connectivity index (χ0) is 23.6. The van der Waals surface area contributed by atoms with Crippen LogP contribution in [0.4, 0.5) is 17.1 Å². The number of benzene rings is 3. The van der Waals surface area contributed by atoms with Gasteiger partial charge < -0.3 is 10.2 Å². The molecule has 33 heavy (non-hydrogen) atoms. The maximum absolute atomic E-state index is 13.1. The summed E-state index contributed by atoms with van der Waals surface area (Å²) in [7, 11) is -3.82. The second kappa shape index (κ2) is 9.07. The number of hydrogen-bond acceptors (Lipinski definition) is 4. The van der Waals surface area contributed by atoms with Crippen LogP contribution in [-0.2, 0) is 21.2 Å². The van der Waals surface area contributed by atoms with E-state index in [0.717, 1.165) is 23.2 Å². The third kappa shape index (κ3) is 5.06. The maximum atomic E-state index is 13.1. The Morgan fingerprint density at radius 3 is 2.24 bits per heavy atom. The van der Waals surface area contributed by atoms with Crippen molar-refractivity contribution < 1.29 is 18.0 Å². The normalized spacial score (nSPS) is 13.2. The first kappa shape index (κ1) is 22.5. The number of anilines is 3. The molecular formula is C25H25N3O4S. The highest BCUT2D eigenvalue weighted by molar-refractivity contribution is 7.92. The first-order valence-corrected chi connectivity index (χ1v) is 12.1. The van der Waals surface area contributed by atoms with Crippen molar-refractivity contribution in [3.8, 4) is 0 Å². The van der Waals surface area contributed by atoms with Gasteiger partial charge in [-0.15, -0.1) is 0 Å². The van der Waals surface area contributed by atoms with Gasteiger partial charge in [-0.1, -0.05) is 17.7 Å². The molecule has 0 saturated heterocycles. The highest BCUT2D eigenvalue weighted by atomic mass is 32.2. The van der Waals surface area contributed by atoms with Crippen LogP contribution in [0.1, 0.15) is 34.8 Å². The van der Waals surface area contributed by atoms with E-state index in [9.17, 15) is 18.0 Å². The summed E-state index contributed by atoms with van der Waals surface area (Å²) in [5.74, 6) is -0.295. The Morgan fingerprint density at radius 1 is 0.909 bits per heavy atom. The van der Waals surface area contributed by atoms with E-state index in [0.29, 0.717) is 29.9 Å². The average Bonchev–Trinajstić information content (AvgIpc) is 2.79. The van der Waals surface area contributed by atoms with E-state index < -0.39 is 10.0 Å². The number of rotatable bonds is 5. The number of fused-ring (bicyclic) bond motifs is 1. The van der Waals surface area contributed by atoms with Crippen molar-refractivity contribution in [3.63, 3.8) is 0 Å². The molecule has 0 fully saturated rings. The highest BCUT2D eigenvalue weighted by Gasteiger charge is 2.25. The molecule has 3 aromatic carbocycles. The lowest BCUT2D eigenvalue weighted by Gasteiger charge is -2.30. The molecule has 1 heterocycles. The van der Waals surface area contributed by atoms with Gasteiger partial charge in [0.15, 0.2) is 0 Å². The topological polar surface area (TPSA) is 95.6 Å². The zero-order valence-electron chi connectivity index (χ0n) is 18.5. The number of carbonyl (C=O) groups excluding carboxylic acids is 2. The van der Waals surface area contributed by atoms with Gasteiger partial charge >= 0.3 is 0 Å². The first-order valence-electron chi connectivity index (χ1n) is 10.6. The Morgan fingerprint density at radius 2 is 1.58 bits per heavy atom. The quantitative estimate of drug-likeness (QED) is 0.588. The summed E-state index contributed by atoms with van der Waals surface area (Å²) < 4.78 is 28.5. The lowest BCUT2D eigenvalue weighted by atomic mass is 10.0. The number of aryl methyl sites for hydroxylation is 2. The van der Waals surface area contributed by atoms with Crippen molar-refractivity contribution in [2.45, 2.75) is 31.6 Å². The van der Waals surface area contributed by atoms with Crippen LogP contribution in [0.15, 0.2) is 71.6 Å². The predicted octanol–water partition coefficient (Wildman–Crippen LogP) is 4.35. The van der Waals surface area contributed by atoms with E-state index in [1.807, 2.05) is 31.2 Å². The second-order valence-electron chi connectivity index (χ2n) is 8.08. The largest absolute Gasteiger partial charge is 0.326 e. The number of hydrogen-bond donors (Lipinski definition) is 2. The first-order chi connectivity index (χ1) is 15.7. The molecule has 7 nitrogen and oxygen atoms in total. The van der Waals surface area contributed by atoms with Gasteiger partial charge in [-0.05, 0) is 79.9 Å². The fraction of sp³-hybridized carbons (Fsp3) is 0.200. The summed E-state index contributed by atoms with van der Waals surface area (Å²) in [5.41, 5.74) is 4.22. The molecule has 0 atom stereocenters. The molecule has 8 heteroatoms. The van der Waals surface area contributed by atoms with Crippen LogP contribution in [0.3, 0.4) is 0 Å². The summed E-state index contributed by atoms with van der Waals surface area (Å²) >= 11 is 0. The monoisotopic (exact) mass is 463 g/mol.